The second kappa shape index (κ2) is 5.59. The standard InChI is InChI=1S/C18H20INO/c1-18(2)11-16-14(17(21)12-18)10-15(20(16)9-8-19)13-6-4-3-5-7-13/h3-7,10H,8-9,11-12H2,1-2H3. The van der Waals surface area contributed by atoms with Crippen LogP contribution in [0.3, 0.4) is 0 Å². The smallest absolute Gasteiger partial charge is 0.165 e. The summed E-state index contributed by atoms with van der Waals surface area (Å²) in [5.41, 5.74) is 4.62. The van der Waals surface area contributed by atoms with Gasteiger partial charge in [-0.15, -0.1) is 0 Å². The highest BCUT2D eigenvalue weighted by atomic mass is 127. The quantitative estimate of drug-likeness (QED) is 0.545. The maximum atomic E-state index is 12.5. The molecular formula is C18H20INO. The van der Waals surface area contributed by atoms with Gasteiger partial charge in [-0.1, -0.05) is 66.8 Å². The third-order valence-corrected chi connectivity index (χ3v) is 4.65. The fraction of sp³-hybridized carbons (Fsp3) is 0.389. The monoisotopic (exact) mass is 393 g/mol. The molecule has 1 aliphatic rings. The van der Waals surface area contributed by atoms with Gasteiger partial charge in [-0.3, -0.25) is 4.79 Å². The number of carbonyl (C=O) groups excluding carboxylic acids is 1. The van der Waals surface area contributed by atoms with E-state index in [1.165, 1.54) is 17.0 Å². The summed E-state index contributed by atoms with van der Waals surface area (Å²) in [6, 6.07) is 12.5. The van der Waals surface area contributed by atoms with Gasteiger partial charge in [0.05, 0.1) is 0 Å². The molecule has 3 heteroatoms. The minimum absolute atomic E-state index is 0.0689. The van der Waals surface area contributed by atoms with Gasteiger partial charge in [-0.25, -0.2) is 0 Å². The number of hydrogen-bond donors (Lipinski definition) is 0. The first-order valence-electron chi connectivity index (χ1n) is 7.39. The van der Waals surface area contributed by atoms with Crippen molar-refractivity contribution in [2.75, 3.05) is 4.43 Å². The first-order valence-corrected chi connectivity index (χ1v) is 8.91. The Bertz CT molecular complexity index is 670. The highest BCUT2D eigenvalue weighted by molar-refractivity contribution is 14.1. The van der Waals surface area contributed by atoms with Gasteiger partial charge in [0.2, 0.25) is 0 Å². The predicted octanol–water partition coefficient (Wildman–Crippen LogP) is 4.75. The Labute approximate surface area is 139 Å². The van der Waals surface area contributed by atoms with Crippen LogP contribution in [-0.2, 0) is 13.0 Å². The van der Waals surface area contributed by atoms with Crippen LogP contribution in [0.15, 0.2) is 36.4 Å². The number of rotatable bonds is 3. The Morgan fingerprint density at radius 1 is 1.19 bits per heavy atom. The van der Waals surface area contributed by atoms with Crippen LogP contribution in [0, 0.1) is 5.41 Å². The molecule has 1 heterocycles. The molecule has 0 saturated heterocycles. The molecule has 0 spiro atoms. The first-order chi connectivity index (χ1) is 10.0. The molecule has 1 aromatic heterocycles. The molecule has 0 N–H and O–H groups in total. The summed E-state index contributed by atoms with van der Waals surface area (Å²) < 4.78 is 3.41. The largest absolute Gasteiger partial charge is 0.343 e. The third-order valence-electron chi connectivity index (χ3n) is 4.17. The van der Waals surface area contributed by atoms with E-state index in [4.69, 9.17) is 0 Å². The topological polar surface area (TPSA) is 22.0 Å². The van der Waals surface area contributed by atoms with Crippen LogP contribution >= 0.6 is 22.6 Å². The summed E-state index contributed by atoms with van der Waals surface area (Å²) in [6.07, 6.45) is 1.64. The highest BCUT2D eigenvalue weighted by Gasteiger charge is 2.34. The van der Waals surface area contributed by atoms with E-state index in [1.807, 2.05) is 6.07 Å². The average molecular weight is 393 g/mol. The van der Waals surface area contributed by atoms with Crippen molar-refractivity contribution in [3.05, 3.63) is 47.7 Å². The second-order valence-corrected chi connectivity index (χ2v) is 7.62. The second-order valence-electron chi connectivity index (χ2n) is 6.54. The molecule has 21 heavy (non-hydrogen) atoms. The number of ketones is 1. The zero-order valence-electron chi connectivity index (χ0n) is 12.5. The molecule has 0 saturated carbocycles. The number of fused-ring (bicyclic) bond motifs is 1. The van der Waals surface area contributed by atoms with Crippen molar-refractivity contribution in [3.8, 4) is 11.3 Å². The van der Waals surface area contributed by atoms with E-state index >= 15 is 0 Å². The van der Waals surface area contributed by atoms with Gasteiger partial charge in [0.25, 0.3) is 0 Å². The van der Waals surface area contributed by atoms with Gasteiger partial charge in [0, 0.05) is 34.3 Å². The van der Waals surface area contributed by atoms with Crippen LogP contribution in [0.5, 0.6) is 0 Å². The lowest BCUT2D eigenvalue weighted by atomic mass is 9.76. The Kier molecular flexibility index (Phi) is 3.95. The number of aromatic nitrogens is 1. The lowest BCUT2D eigenvalue weighted by Crippen LogP contribution is -2.28. The van der Waals surface area contributed by atoms with Crippen molar-refractivity contribution in [1.82, 2.24) is 4.57 Å². The molecule has 110 valence electrons. The molecule has 0 radical (unpaired) electrons. The Morgan fingerprint density at radius 3 is 2.57 bits per heavy atom. The summed E-state index contributed by atoms with van der Waals surface area (Å²) in [5.74, 6) is 0.297. The number of halogens is 1. The first kappa shape index (κ1) is 14.8. The Morgan fingerprint density at radius 2 is 1.90 bits per heavy atom. The SMILES string of the molecule is CC1(C)CC(=O)c2cc(-c3ccccc3)n(CCI)c2C1. The van der Waals surface area contributed by atoms with Gasteiger partial charge in [-0.2, -0.15) is 0 Å². The minimum Gasteiger partial charge on any atom is -0.343 e. The van der Waals surface area contributed by atoms with Gasteiger partial charge < -0.3 is 4.57 Å². The summed E-state index contributed by atoms with van der Waals surface area (Å²) in [5, 5.41) is 0. The van der Waals surface area contributed by atoms with Crippen LogP contribution < -0.4 is 0 Å². The number of alkyl halides is 1. The van der Waals surface area contributed by atoms with Gasteiger partial charge in [-0.05, 0) is 23.5 Å². The molecule has 2 aromatic rings. The zero-order valence-corrected chi connectivity index (χ0v) is 14.7. The molecule has 1 aliphatic carbocycles. The molecule has 0 unspecified atom stereocenters. The number of hydrogen-bond acceptors (Lipinski definition) is 1. The van der Waals surface area contributed by atoms with Crippen molar-refractivity contribution in [2.24, 2.45) is 5.41 Å². The van der Waals surface area contributed by atoms with E-state index in [1.54, 1.807) is 0 Å². The number of benzene rings is 1. The molecule has 0 aliphatic heterocycles. The van der Waals surface area contributed by atoms with E-state index in [0.717, 1.165) is 23.0 Å². The van der Waals surface area contributed by atoms with Crippen molar-refractivity contribution >= 4 is 28.4 Å². The van der Waals surface area contributed by atoms with Crippen LogP contribution in [0.25, 0.3) is 11.3 Å². The van der Waals surface area contributed by atoms with Gasteiger partial charge in [0.1, 0.15) is 0 Å². The maximum Gasteiger partial charge on any atom is 0.165 e. The molecule has 0 amide bonds. The highest BCUT2D eigenvalue weighted by Crippen LogP contribution is 2.38. The molecule has 0 bridgehead atoms. The van der Waals surface area contributed by atoms with Gasteiger partial charge in [0.15, 0.2) is 5.78 Å². The molecule has 3 rings (SSSR count). The summed E-state index contributed by atoms with van der Waals surface area (Å²) in [7, 11) is 0. The van der Waals surface area contributed by atoms with Crippen LogP contribution in [-0.4, -0.2) is 14.8 Å². The Balaban J connectivity index is 2.17. The fourth-order valence-electron chi connectivity index (χ4n) is 3.25. The van der Waals surface area contributed by atoms with E-state index < -0.39 is 0 Å². The predicted molar refractivity (Wildman–Crippen MR) is 95.2 cm³/mol. The summed E-state index contributed by atoms with van der Waals surface area (Å²) in [6.45, 7) is 5.35. The fourth-order valence-corrected chi connectivity index (χ4v) is 3.74. The van der Waals surface area contributed by atoms with Gasteiger partial charge >= 0.3 is 0 Å². The minimum atomic E-state index is 0.0689. The van der Waals surface area contributed by atoms with E-state index in [-0.39, 0.29) is 5.41 Å². The molecule has 1 aromatic carbocycles. The van der Waals surface area contributed by atoms with Crippen LogP contribution in [0.1, 0.15) is 36.3 Å². The summed E-state index contributed by atoms with van der Waals surface area (Å²) in [4.78, 5) is 12.5. The van der Waals surface area contributed by atoms with Crippen molar-refractivity contribution < 1.29 is 4.79 Å². The zero-order chi connectivity index (χ0) is 15.0. The van der Waals surface area contributed by atoms with Crippen molar-refractivity contribution in [1.29, 1.82) is 0 Å². The molecular weight excluding hydrogens is 373 g/mol. The molecule has 2 nitrogen and oxygen atoms in total. The van der Waals surface area contributed by atoms with E-state index in [2.05, 4.69) is 71.3 Å². The lowest BCUT2D eigenvalue weighted by Gasteiger charge is -2.29. The Hall–Kier alpha value is -1.10. The summed E-state index contributed by atoms with van der Waals surface area (Å²) >= 11 is 2.41. The van der Waals surface area contributed by atoms with Crippen LogP contribution in [0.4, 0.5) is 0 Å². The number of carbonyl (C=O) groups is 1. The number of nitrogens with zero attached hydrogens (tertiary/aromatic N) is 1. The lowest BCUT2D eigenvalue weighted by molar-refractivity contribution is 0.0910. The molecule has 0 fully saturated rings. The van der Waals surface area contributed by atoms with E-state index in [0.29, 0.717) is 12.2 Å². The average Bonchev–Trinajstić information content (AvgIpc) is 2.78. The van der Waals surface area contributed by atoms with Crippen LogP contribution in [0.2, 0.25) is 0 Å². The normalized spacial score (nSPS) is 16.8. The third kappa shape index (κ3) is 2.80. The maximum absolute atomic E-state index is 12.5. The van der Waals surface area contributed by atoms with E-state index in [9.17, 15) is 4.79 Å². The number of Topliss-reactive ketones (excluding diaryl/α,β-unsaturated/α-hetero) is 1. The van der Waals surface area contributed by atoms with Crippen molar-refractivity contribution in [2.45, 2.75) is 33.2 Å². The molecule has 0 atom stereocenters. The van der Waals surface area contributed by atoms with Crippen molar-refractivity contribution in [3.63, 3.8) is 0 Å².